The van der Waals surface area contributed by atoms with Crippen molar-refractivity contribution >= 4 is 34.6 Å². The standard InChI is InChI=1S/C21H24ClN5O2/c1-3-26(4-2)21-23-13-15(22)18(25-21)20(28)27-11-9-14(10-12-27)19-24-16-7-5-6-8-17(16)29-19/h5-8,13-14H,3-4,9-12H2,1-2H3. The van der Waals surface area contributed by atoms with Crippen molar-refractivity contribution in [2.75, 3.05) is 31.1 Å². The summed E-state index contributed by atoms with van der Waals surface area (Å²) in [5.74, 6) is 1.34. The van der Waals surface area contributed by atoms with Gasteiger partial charge in [0.15, 0.2) is 17.2 Å². The maximum absolute atomic E-state index is 13.0. The summed E-state index contributed by atoms with van der Waals surface area (Å²) in [5, 5.41) is 0.284. The lowest BCUT2D eigenvalue weighted by molar-refractivity contribution is 0.0701. The number of fused-ring (bicyclic) bond motifs is 1. The summed E-state index contributed by atoms with van der Waals surface area (Å²) in [4.78, 5) is 30.2. The molecule has 8 heteroatoms. The lowest BCUT2D eigenvalue weighted by atomic mass is 9.96. The molecule has 1 amide bonds. The second-order valence-electron chi connectivity index (χ2n) is 7.13. The van der Waals surface area contributed by atoms with Crippen LogP contribution in [0, 0.1) is 0 Å². The van der Waals surface area contributed by atoms with Crippen LogP contribution in [0.2, 0.25) is 5.02 Å². The molecular weight excluding hydrogens is 390 g/mol. The van der Waals surface area contributed by atoms with Crippen LogP contribution in [0.3, 0.4) is 0 Å². The Bertz CT molecular complexity index is 976. The van der Waals surface area contributed by atoms with E-state index in [0.717, 1.165) is 42.9 Å². The van der Waals surface area contributed by atoms with E-state index in [9.17, 15) is 4.79 Å². The predicted molar refractivity (Wildman–Crippen MR) is 112 cm³/mol. The summed E-state index contributed by atoms with van der Waals surface area (Å²) < 4.78 is 5.91. The van der Waals surface area contributed by atoms with Crippen LogP contribution in [0.15, 0.2) is 34.9 Å². The van der Waals surface area contributed by atoms with Crippen molar-refractivity contribution in [1.82, 2.24) is 19.9 Å². The molecule has 0 aliphatic carbocycles. The van der Waals surface area contributed by atoms with Crippen LogP contribution in [-0.4, -0.2) is 51.9 Å². The van der Waals surface area contributed by atoms with Gasteiger partial charge < -0.3 is 14.2 Å². The Morgan fingerprint density at radius 1 is 1.21 bits per heavy atom. The highest BCUT2D eigenvalue weighted by atomic mass is 35.5. The molecule has 0 spiro atoms. The Kier molecular flexibility index (Phi) is 5.67. The molecule has 0 atom stereocenters. The van der Waals surface area contributed by atoms with Gasteiger partial charge >= 0.3 is 0 Å². The number of benzene rings is 1. The van der Waals surface area contributed by atoms with Gasteiger partial charge in [-0.2, -0.15) is 0 Å². The van der Waals surface area contributed by atoms with Crippen molar-refractivity contribution < 1.29 is 9.21 Å². The molecule has 1 aromatic carbocycles. The number of amides is 1. The molecule has 1 aliphatic rings. The molecule has 0 N–H and O–H groups in total. The van der Waals surface area contributed by atoms with E-state index in [2.05, 4.69) is 15.0 Å². The number of aromatic nitrogens is 3. The van der Waals surface area contributed by atoms with Crippen LogP contribution >= 0.6 is 11.6 Å². The van der Waals surface area contributed by atoms with Crippen LogP contribution in [0.4, 0.5) is 5.95 Å². The first kappa shape index (κ1) is 19.6. The lowest BCUT2D eigenvalue weighted by Crippen LogP contribution is -2.38. The summed E-state index contributed by atoms with van der Waals surface area (Å²) in [6.07, 6.45) is 3.11. The van der Waals surface area contributed by atoms with Crippen molar-refractivity contribution in [3.05, 3.63) is 47.1 Å². The molecule has 1 aliphatic heterocycles. The molecule has 7 nitrogen and oxygen atoms in total. The largest absolute Gasteiger partial charge is 0.440 e. The third-order valence-corrected chi connectivity index (χ3v) is 5.70. The fourth-order valence-electron chi connectivity index (χ4n) is 3.71. The lowest BCUT2D eigenvalue weighted by Gasteiger charge is -2.30. The van der Waals surface area contributed by atoms with Gasteiger partial charge in [0.25, 0.3) is 5.91 Å². The predicted octanol–water partition coefficient (Wildman–Crippen LogP) is 4.14. The molecule has 0 unspecified atom stereocenters. The first-order valence-corrected chi connectivity index (χ1v) is 10.4. The quantitative estimate of drug-likeness (QED) is 0.625. The van der Waals surface area contributed by atoms with Crippen LogP contribution in [0.1, 0.15) is 49.0 Å². The fraction of sp³-hybridized carbons (Fsp3) is 0.429. The number of hydrogen-bond donors (Lipinski definition) is 0. The number of para-hydroxylation sites is 2. The van der Waals surface area contributed by atoms with Crippen molar-refractivity contribution in [3.63, 3.8) is 0 Å². The van der Waals surface area contributed by atoms with Gasteiger partial charge in [-0.05, 0) is 38.8 Å². The van der Waals surface area contributed by atoms with Crippen LogP contribution in [0.25, 0.3) is 11.1 Å². The van der Waals surface area contributed by atoms with Crippen molar-refractivity contribution in [2.24, 2.45) is 0 Å². The number of oxazole rings is 1. The Morgan fingerprint density at radius 2 is 1.93 bits per heavy atom. The molecule has 3 heterocycles. The van der Waals surface area contributed by atoms with Crippen LogP contribution < -0.4 is 4.90 Å². The number of likely N-dealkylation sites (tertiary alicyclic amines) is 1. The van der Waals surface area contributed by atoms with Gasteiger partial charge in [-0.15, -0.1) is 0 Å². The molecule has 3 aromatic rings. The summed E-state index contributed by atoms with van der Waals surface area (Å²) in [7, 11) is 0. The molecule has 4 rings (SSSR count). The molecule has 2 aromatic heterocycles. The number of anilines is 1. The summed E-state index contributed by atoms with van der Waals surface area (Å²) in [5.41, 5.74) is 1.94. The zero-order valence-corrected chi connectivity index (χ0v) is 17.4. The van der Waals surface area contributed by atoms with Gasteiger partial charge in [-0.1, -0.05) is 23.7 Å². The third-order valence-electron chi connectivity index (χ3n) is 5.42. The highest BCUT2D eigenvalue weighted by Crippen LogP contribution is 2.31. The van der Waals surface area contributed by atoms with Gasteiger partial charge in [0.05, 0.1) is 11.2 Å². The number of halogens is 1. The Hall–Kier alpha value is -2.67. The molecule has 0 radical (unpaired) electrons. The Labute approximate surface area is 174 Å². The maximum Gasteiger partial charge on any atom is 0.274 e. The summed E-state index contributed by atoms with van der Waals surface area (Å²) in [6, 6.07) is 7.77. The molecule has 1 fully saturated rings. The molecule has 0 bridgehead atoms. The van der Waals surface area contributed by atoms with Gasteiger partial charge in [-0.25, -0.2) is 15.0 Å². The summed E-state index contributed by atoms with van der Waals surface area (Å²) in [6.45, 7) is 6.81. The zero-order valence-electron chi connectivity index (χ0n) is 16.6. The highest BCUT2D eigenvalue weighted by molar-refractivity contribution is 6.33. The number of carbonyl (C=O) groups is 1. The number of rotatable bonds is 5. The molecule has 1 saturated heterocycles. The monoisotopic (exact) mass is 413 g/mol. The maximum atomic E-state index is 13.0. The van der Waals surface area contributed by atoms with Gasteiger partial charge in [0, 0.05) is 32.1 Å². The molecular formula is C21H24ClN5O2. The first-order chi connectivity index (χ1) is 14.1. The van der Waals surface area contributed by atoms with E-state index in [1.807, 2.05) is 43.0 Å². The zero-order chi connectivity index (χ0) is 20.4. The average Bonchev–Trinajstić information content (AvgIpc) is 3.19. The topological polar surface area (TPSA) is 75.4 Å². The molecule has 152 valence electrons. The minimum Gasteiger partial charge on any atom is -0.440 e. The van der Waals surface area contributed by atoms with E-state index in [-0.39, 0.29) is 22.5 Å². The highest BCUT2D eigenvalue weighted by Gasteiger charge is 2.29. The smallest absolute Gasteiger partial charge is 0.274 e. The van der Waals surface area contributed by atoms with Gasteiger partial charge in [0.1, 0.15) is 5.52 Å². The Balaban J connectivity index is 1.47. The van der Waals surface area contributed by atoms with Crippen molar-refractivity contribution in [3.8, 4) is 0 Å². The van der Waals surface area contributed by atoms with Gasteiger partial charge in [-0.3, -0.25) is 4.79 Å². The van der Waals surface area contributed by atoms with Crippen molar-refractivity contribution in [2.45, 2.75) is 32.6 Å². The molecule has 0 saturated carbocycles. The van der Waals surface area contributed by atoms with E-state index in [4.69, 9.17) is 16.0 Å². The van der Waals surface area contributed by atoms with E-state index in [0.29, 0.717) is 19.0 Å². The molecule has 29 heavy (non-hydrogen) atoms. The number of hydrogen-bond acceptors (Lipinski definition) is 6. The van der Waals surface area contributed by atoms with Crippen molar-refractivity contribution in [1.29, 1.82) is 0 Å². The SMILES string of the molecule is CCN(CC)c1ncc(Cl)c(C(=O)N2CCC(c3nc4ccccc4o3)CC2)n1. The van der Waals surface area contributed by atoms with E-state index in [1.165, 1.54) is 6.20 Å². The summed E-state index contributed by atoms with van der Waals surface area (Å²) >= 11 is 6.26. The van der Waals surface area contributed by atoms with Gasteiger partial charge in [0.2, 0.25) is 5.95 Å². The number of nitrogens with zero attached hydrogens (tertiary/aromatic N) is 5. The average molecular weight is 414 g/mol. The minimum absolute atomic E-state index is 0.151. The minimum atomic E-state index is -0.151. The van der Waals surface area contributed by atoms with E-state index >= 15 is 0 Å². The van der Waals surface area contributed by atoms with E-state index in [1.54, 1.807) is 4.90 Å². The second kappa shape index (κ2) is 8.37. The number of piperidine rings is 1. The Morgan fingerprint density at radius 3 is 2.62 bits per heavy atom. The normalized spacial score (nSPS) is 15.1. The van der Waals surface area contributed by atoms with Crippen LogP contribution in [-0.2, 0) is 0 Å². The van der Waals surface area contributed by atoms with Crippen LogP contribution in [0.5, 0.6) is 0 Å². The number of carbonyl (C=O) groups excluding carboxylic acids is 1. The fourth-order valence-corrected chi connectivity index (χ4v) is 3.88. The first-order valence-electron chi connectivity index (χ1n) is 10.0. The third kappa shape index (κ3) is 3.92. The van der Waals surface area contributed by atoms with E-state index < -0.39 is 0 Å². The second-order valence-corrected chi connectivity index (χ2v) is 7.53.